The summed E-state index contributed by atoms with van der Waals surface area (Å²) < 4.78 is 19.0. The summed E-state index contributed by atoms with van der Waals surface area (Å²) in [6.45, 7) is 2.42. The standard InChI is InChI=1S/C14H14FN3O/c1-9-7-16-14(17-8-9)18-12-5-6-19-13-10(12)3-2-4-11(13)15/h2-4,7-8,12H,5-6H2,1H3,(H,16,17,18)/t12-/m0/s1. The van der Waals surface area contributed by atoms with Crippen molar-refractivity contribution in [2.24, 2.45) is 0 Å². The van der Waals surface area contributed by atoms with Gasteiger partial charge in [-0.2, -0.15) is 0 Å². The Morgan fingerprint density at radius 2 is 2.11 bits per heavy atom. The number of nitrogens with one attached hydrogen (secondary N) is 1. The Morgan fingerprint density at radius 1 is 1.32 bits per heavy atom. The molecule has 2 heterocycles. The van der Waals surface area contributed by atoms with E-state index >= 15 is 0 Å². The zero-order valence-corrected chi connectivity index (χ0v) is 10.6. The minimum Gasteiger partial charge on any atom is -0.490 e. The van der Waals surface area contributed by atoms with Crippen LogP contribution in [-0.4, -0.2) is 16.6 Å². The van der Waals surface area contributed by atoms with Gasteiger partial charge in [0, 0.05) is 24.4 Å². The molecule has 1 aromatic carbocycles. The third-order valence-electron chi connectivity index (χ3n) is 3.11. The van der Waals surface area contributed by atoms with Crippen molar-refractivity contribution in [3.8, 4) is 5.75 Å². The van der Waals surface area contributed by atoms with Crippen molar-refractivity contribution in [1.82, 2.24) is 9.97 Å². The number of aromatic nitrogens is 2. The van der Waals surface area contributed by atoms with Crippen LogP contribution in [0, 0.1) is 12.7 Å². The van der Waals surface area contributed by atoms with Gasteiger partial charge < -0.3 is 10.1 Å². The molecule has 3 rings (SSSR count). The molecule has 0 unspecified atom stereocenters. The highest BCUT2D eigenvalue weighted by Crippen LogP contribution is 2.35. The molecular formula is C14H14FN3O. The molecule has 1 aliphatic rings. The van der Waals surface area contributed by atoms with Gasteiger partial charge in [0.15, 0.2) is 11.6 Å². The maximum Gasteiger partial charge on any atom is 0.223 e. The molecule has 0 aliphatic carbocycles. The molecule has 0 spiro atoms. The molecule has 2 aromatic rings. The smallest absolute Gasteiger partial charge is 0.223 e. The molecule has 1 aromatic heterocycles. The molecule has 1 N–H and O–H groups in total. The minimum atomic E-state index is -0.325. The van der Waals surface area contributed by atoms with Crippen molar-refractivity contribution in [2.75, 3.05) is 11.9 Å². The van der Waals surface area contributed by atoms with Gasteiger partial charge in [-0.3, -0.25) is 0 Å². The topological polar surface area (TPSA) is 47.0 Å². The summed E-state index contributed by atoms with van der Waals surface area (Å²) in [5, 5.41) is 3.22. The van der Waals surface area contributed by atoms with E-state index in [4.69, 9.17) is 4.74 Å². The Labute approximate surface area is 110 Å². The fraction of sp³-hybridized carbons (Fsp3) is 0.286. The lowest BCUT2D eigenvalue weighted by atomic mass is 10.0. The number of anilines is 1. The second kappa shape index (κ2) is 4.84. The van der Waals surface area contributed by atoms with E-state index in [1.165, 1.54) is 6.07 Å². The summed E-state index contributed by atoms with van der Waals surface area (Å²) >= 11 is 0. The quantitative estimate of drug-likeness (QED) is 0.900. The molecule has 0 bridgehead atoms. The molecule has 1 aliphatic heterocycles. The average molecular weight is 259 g/mol. The summed E-state index contributed by atoms with van der Waals surface area (Å²) in [5.74, 6) is 0.555. The summed E-state index contributed by atoms with van der Waals surface area (Å²) in [6, 6.07) is 4.93. The molecule has 4 nitrogen and oxygen atoms in total. The van der Waals surface area contributed by atoms with Crippen LogP contribution >= 0.6 is 0 Å². The molecule has 0 saturated carbocycles. The second-order valence-electron chi connectivity index (χ2n) is 4.58. The van der Waals surface area contributed by atoms with Crippen molar-refractivity contribution >= 4 is 5.95 Å². The number of hydrogen-bond acceptors (Lipinski definition) is 4. The first-order valence-corrected chi connectivity index (χ1v) is 6.20. The summed E-state index contributed by atoms with van der Waals surface area (Å²) in [6.07, 6.45) is 4.26. The number of fused-ring (bicyclic) bond motifs is 1. The van der Waals surface area contributed by atoms with Crippen molar-refractivity contribution in [1.29, 1.82) is 0 Å². The molecule has 0 saturated heterocycles. The SMILES string of the molecule is Cc1cnc(N[C@H]2CCOc3c(F)cccc32)nc1. The lowest BCUT2D eigenvalue weighted by molar-refractivity contribution is 0.260. The van der Waals surface area contributed by atoms with Gasteiger partial charge in [0.05, 0.1) is 12.6 Å². The first kappa shape index (κ1) is 11.9. The van der Waals surface area contributed by atoms with Gasteiger partial charge in [-0.05, 0) is 18.6 Å². The van der Waals surface area contributed by atoms with Crippen LogP contribution in [0.15, 0.2) is 30.6 Å². The Bertz CT molecular complexity index is 586. The van der Waals surface area contributed by atoms with Crippen molar-refractivity contribution in [2.45, 2.75) is 19.4 Å². The second-order valence-corrected chi connectivity index (χ2v) is 4.58. The summed E-state index contributed by atoms with van der Waals surface area (Å²) in [7, 11) is 0. The summed E-state index contributed by atoms with van der Waals surface area (Å²) in [4.78, 5) is 8.42. The number of hydrogen-bond donors (Lipinski definition) is 1. The van der Waals surface area contributed by atoms with E-state index < -0.39 is 0 Å². The Morgan fingerprint density at radius 3 is 2.89 bits per heavy atom. The van der Waals surface area contributed by atoms with Crippen LogP contribution in [0.1, 0.15) is 23.6 Å². The number of benzene rings is 1. The average Bonchev–Trinajstić information content (AvgIpc) is 2.43. The molecule has 0 fully saturated rings. The van der Waals surface area contributed by atoms with Gasteiger partial charge in [-0.25, -0.2) is 14.4 Å². The molecular weight excluding hydrogens is 245 g/mol. The first-order chi connectivity index (χ1) is 9.24. The van der Waals surface area contributed by atoms with E-state index in [1.54, 1.807) is 18.5 Å². The Balaban J connectivity index is 1.88. The van der Waals surface area contributed by atoms with Crippen LogP contribution in [0.25, 0.3) is 0 Å². The number of para-hydroxylation sites is 1. The van der Waals surface area contributed by atoms with E-state index in [1.807, 2.05) is 13.0 Å². The zero-order chi connectivity index (χ0) is 13.2. The molecule has 5 heteroatoms. The fourth-order valence-electron chi connectivity index (χ4n) is 2.16. The number of halogens is 1. The zero-order valence-electron chi connectivity index (χ0n) is 10.6. The van der Waals surface area contributed by atoms with Crippen LogP contribution in [0.2, 0.25) is 0 Å². The van der Waals surface area contributed by atoms with E-state index in [-0.39, 0.29) is 11.9 Å². The number of nitrogens with zero attached hydrogens (tertiary/aromatic N) is 2. The molecule has 1 atom stereocenters. The van der Waals surface area contributed by atoms with E-state index in [9.17, 15) is 4.39 Å². The van der Waals surface area contributed by atoms with E-state index in [0.29, 0.717) is 18.3 Å². The highest BCUT2D eigenvalue weighted by atomic mass is 19.1. The minimum absolute atomic E-state index is 0.0258. The van der Waals surface area contributed by atoms with Crippen LogP contribution < -0.4 is 10.1 Å². The van der Waals surface area contributed by atoms with Gasteiger partial charge in [0.1, 0.15) is 0 Å². The third-order valence-corrected chi connectivity index (χ3v) is 3.11. The largest absolute Gasteiger partial charge is 0.490 e. The number of aryl methyl sites for hydroxylation is 1. The van der Waals surface area contributed by atoms with Crippen LogP contribution in [0.3, 0.4) is 0 Å². The Kier molecular flexibility index (Phi) is 3.03. The third kappa shape index (κ3) is 2.36. The maximum atomic E-state index is 13.7. The van der Waals surface area contributed by atoms with Crippen molar-refractivity contribution in [3.63, 3.8) is 0 Å². The molecule has 0 radical (unpaired) electrons. The van der Waals surface area contributed by atoms with Crippen molar-refractivity contribution < 1.29 is 9.13 Å². The van der Waals surface area contributed by atoms with E-state index in [2.05, 4.69) is 15.3 Å². The first-order valence-electron chi connectivity index (χ1n) is 6.20. The van der Waals surface area contributed by atoms with Gasteiger partial charge in [0.2, 0.25) is 5.95 Å². The molecule has 19 heavy (non-hydrogen) atoms. The lowest BCUT2D eigenvalue weighted by Gasteiger charge is -2.26. The monoisotopic (exact) mass is 259 g/mol. The molecule has 98 valence electrons. The molecule has 0 amide bonds. The highest BCUT2D eigenvalue weighted by Gasteiger charge is 2.24. The van der Waals surface area contributed by atoms with Crippen molar-refractivity contribution in [3.05, 3.63) is 47.5 Å². The maximum absolute atomic E-state index is 13.7. The Hall–Kier alpha value is -2.17. The number of rotatable bonds is 2. The van der Waals surface area contributed by atoms with Crippen LogP contribution in [0.5, 0.6) is 5.75 Å². The fourth-order valence-corrected chi connectivity index (χ4v) is 2.16. The van der Waals surface area contributed by atoms with Gasteiger partial charge in [-0.15, -0.1) is 0 Å². The number of ether oxygens (including phenoxy) is 1. The van der Waals surface area contributed by atoms with Crippen LogP contribution in [-0.2, 0) is 0 Å². The van der Waals surface area contributed by atoms with Gasteiger partial charge in [0.25, 0.3) is 0 Å². The summed E-state index contributed by atoms with van der Waals surface area (Å²) in [5.41, 5.74) is 1.82. The lowest BCUT2D eigenvalue weighted by Crippen LogP contribution is -2.22. The normalized spacial score (nSPS) is 17.5. The van der Waals surface area contributed by atoms with Gasteiger partial charge >= 0.3 is 0 Å². The van der Waals surface area contributed by atoms with E-state index in [0.717, 1.165) is 17.5 Å². The predicted molar refractivity (Wildman–Crippen MR) is 69.6 cm³/mol. The van der Waals surface area contributed by atoms with Gasteiger partial charge in [-0.1, -0.05) is 12.1 Å². The van der Waals surface area contributed by atoms with Crippen LogP contribution in [0.4, 0.5) is 10.3 Å². The highest BCUT2D eigenvalue weighted by molar-refractivity contribution is 5.43. The predicted octanol–water partition coefficient (Wildman–Crippen LogP) is 2.86.